The molecule has 1 rings (SSSR count). The SMILES string of the molecule is CCCOCC(=O)Cc1cccc(OC)c1F. The van der Waals surface area contributed by atoms with Crippen LogP contribution in [-0.4, -0.2) is 26.1 Å². The van der Waals surface area contributed by atoms with Crippen LogP contribution >= 0.6 is 0 Å². The first-order valence-corrected chi connectivity index (χ1v) is 5.59. The Morgan fingerprint density at radius 3 is 2.82 bits per heavy atom. The number of halogens is 1. The quantitative estimate of drug-likeness (QED) is 0.686. The van der Waals surface area contributed by atoms with Crippen LogP contribution in [-0.2, 0) is 16.0 Å². The van der Waals surface area contributed by atoms with Gasteiger partial charge >= 0.3 is 0 Å². The average molecular weight is 240 g/mol. The van der Waals surface area contributed by atoms with Gasteiger partial charge in [0.1, 0.15) is 6.61 Å². The lowest BCUT2D eigenvalue weighted by Gasteiger charge is -2.07. The van der Waals surface area contributed by atoms with Crippen molar-refractivity contribution >= 4 is 5.78 Å². The van der Waals surface area contributed by atoms with Gasteiger partial charge in [-0.3, -0.25) is 4.79 Å². The van der Waals surface area contributed by atoms with E-state index in [2.05, 4.69) is 0 Å². The highest BCUT2D eigenvalue weighted by Crippen LogP contribution is 2.20. The highest BCUT2D eigenvalue weighted by molar-refractivity contribution is 5.82. The Kier molecular flexibility index (Phi) is 5.63. The van der Waals surface area contributed by atoms with Crippen LogP contribution in [0.5, 0.6) is 5.75 Å². The summed E-state index contributed by atoms with van der Waals surface area (Å²) in [7, 11) is 1.40. The van der Waals surface area contributed by atoms with Crippen molar-refractivity contribution in [1.29, 1.82) is 0 Å². The molecule has 4 heteroatoms. The number of ketones is 1. The molecule has 94 valence electrons. The zero-order valence-electron chi connectivity index (χ0n) is 10.2. The van der Waals surface area contributed by atoms with Gasteiger partial charge in [0.25, 0.3) is 0 Å². The van der Waals surface area contributed by atoms with Crippen LogP contribution in [0.4, 0.5) is 4.39 Å². The van der Waals surface area contributed by atoms with E-state index >= 15 is 0 Å². The third-order valence-corrected chi connectivity index (χ3v) is 2.26. The zero-order valence-corrected chi connectivity index (χ0v) is 10.2. The minimum absolute atomic E-state index is 0.0322. The summed E-state index contributed by atoms with van der Waals surface area (Å²) >= 11 is 0. The van der Waals surface area contributed by atoms with Crippen molar-refractivity contribution in [2.45, 2.75) is 19.8 Å². The third-order valence-electron chi connectivity index (χ3n) is 2.26. The minimum atomic E-state index is -0.473. The van der Waals surface area contributed by atoms with E-state index in [0.29, 0.717) is 12.2 Å². The summed E-state index contributed by atoms with van der Waals surface area (Å²) in [5, 5.41) is 0. The number of hydrogen-bond donors (Lipinski definition) is 0. The summed E-state index contributed by atoms with van der Waals surface area (Å²) in [6.07, 6.45) is 0.896. The average Bonchev–Trinajstić information content (AvgIpc) is 2.32. The van der Waals surface area contributed by atoms with Gasteiger partial charge in [-0.1, -0.05) is 19.1 Å². The molecule has 0 atom stereocenters. The Morgan fingerprint density at radius 2 is 2.18 bits per heavy atom. The van der Waals surface area contributed by atoms with E-state index in [0.717, 1.165) is 6.42 Å². The van der Waals surface area contributed by atoms with E-state index in [-0.39, 0.29) is 24.6 Å². The first-order valence-electron chi connectivity index (χ1n) is 5.59. The molecule has 0 amide bonds. The summed E-state index contributed by atoms with van der Waals surface area (Å²) in [5.41, 5.74) is 0.342. The van der Waals surface area contributed by atoms with Crippen LogP contribution < -0.4 is 4.74 Å². The smallest absolute Gasteiger partial charge is 0.168 e. The van der Waals surface area contributed by atoms with Gasteiger partial charge in [0, 0.05) is 13.0 Å². The fourth-order valence-corrected chi connectivity index (χ4v) is 1.44. The van der Waals surface area contributed by atoms with E-state index in [1.165, 1.54) is 13.2 Å². The molecule has 0 radical (unpaired) electrons. The molecular formula is C13H17FO3. The lowest BCUT2D eigenvalue weighted by atomic mass is 10.1. The maximum Gasteiger partial charge on any atom is 0.168 e. The van der Waals surface area contributed by atoms with E-state index in [9.17, 15) is 9.18 Å². The Morgan fingerprint density at radius 1 is 1.41 bits per heavy atom. The van der Waals surface area contributed by atoms with Gasteiger partial charge in [-0.2, -0.15) is 0 Å². The topological polar surface area (TPSA) is 35.5 Å². The molecule has 0 aliphatic heterocycles. The molecule has 0 N–H and O–H groups in total. The van der Waals surface area contributed by atoms with Crippen molar-refractivity contribution in [3.8, 4) is 5.75 Å². The second-order valence-electron chi connectivity index (χ2n) is 3.70. The van der Waals surface area contributed by atoms with E-state index in [4.69, 9.17) is 9.47 Å². The number of carbonyl (C=O) groups excluding carboxylic acids is 1. The van der Waals surface area contributed by atoms with Crippen LogP contribution in [0, 0.1) is 5.82 Å². The van der Waals surface area contributed by atoms with E-state index < -0.39 is 5.82 Å². The Balaban J connectivity index is 2.59. The maximum atomic E-state index is 13.7. The van der Waals surface area contributed by atoms with Crippen molar-refractivity contribution in [2.24, 2.45) is 0 Å². The van der Waals surface area contributed by atoms with Gasteiger partial charge in [0.15, 0.2) is 17.3 Å². The fourth-order valence-electron chi connectivity index (χ4n) is 1.44. The normalized spacial score (nSPS) is 10.3. The molecule has 0 aliphatic rings. The highest BCUT2D eigenvalue weighted by Gasteiger charge is 2.11. The van der Waals surface area contributed by atoms with Gasteiger partial charge in [-0.05, 0) is 18.1 Å². The molecule has 17 heavy (non-hydrogen) atoms. The molecule has 0 aromatic heterocycles. The van der Waals surface area contributed by atoms with Crippen molar-refractivity contribution in [3.63, 3.8) is 0 Å². The standard InChI is InChI=1S/C13H17FO3/c1-3-7-17-9-11(15)8-10-5-4-6-12(16-2)13(10)14/h4-6H,3,7-9H2,1-2H3. The van der Waals surface area contributed by atoms with Crippen LogP contribution in [0.25, 0.3) is 0 Å². The van der Waals surface area contributed by atoms with Gasteiger partial charge in [0.2, 0.25) is 0 Å². The number of Topliss-reactive ketones (excluding diaryl/α,β-unsaturated/α-hetero) is 1. The fraction of sp³-hybridized carbons (Fsp3) is 0.462. The molecular weight excluding hydrogens is 223 g/mol. The molecule has 1 aromatic rings. The number of ether oxygens (including phenoxy) is 2. The second-order valence-corrected chi connectivity index (χ2v) is 3.70. The van der Waals surface area contributed by atoms with Crippen molar-refractivity contribution in [1.82, 2.24) is 0 Å². The lowest BCUT2D eigenvalue weighted by Crippen LogP contribution is -2.13. The molecule has 3 nitrogen and oxygen atoms in total. The van der Waals surface area contributed by atoms with E-state index in [1.54, 1.807) is 12.1 Å². The highest BCUT2D eigenvalue weighted by atomic mass is 19.1. The molecule has 0 saturated carbocycles. The minimum Gasteiger partial charge on any atom is -0.494 e. The zero-order chi connectivity index (χ0) is 12.7. The Bertz CT molecular complexity index is 377. The summed E-state index contributed by atoms with van der Waals surface area (Å²) < 4.78 is 23.7. The van der Waals surface area contributed by atoms with Crippen LogP contribution in [0.1, 0.15) is 18.9 Å². The largest absolute Gasteiger partial charge is 0.494 e. The predicted octanol–water partition coefficient (Wildman–Crippen LogP) is 2.37. The van der Waals surface area contributed by atoms with Gasteiger partial charge in [0.05, 0.1) is 7.11 Å². The number of benzene rings is 1. The number of hydrogen-bond acceptors (Lipinski definition) is 3. The summed E-state index contributed by atoms with van der Waals surface area (Å²) in [4.78, 5) is 11.5. The Hall–Kier alpha value is -1.42. The Labute approximate surface area is 101 Å². The summed E-state index contributed by atoms with van der Waals surface area (Å²) in [6.45, 7) is 2.54. The first kappa shape index (κ1) is 13.6. The lowest BCUT2D eigenvalue weighted by molar-refractivity contribution is -0.122. The molecule has 0 fully saturated rings. The monoisotopic (exact) mass is 240 g/mol. The third kappa shape index (κ3) is 4.15. The van der Waals surface area contributed by atoms with Gasteiger partial charge in [-0.25, -0.2) is 4.39 Å². The van der Waals surface area contributed by atoms with Crippen LogP contribution in [0.15, 0.2) is 18.2 Å². The van der Waals surface area contributed by atoms with Crippen molar-refractivity contribution in [2.75, 3.05) is 20.3 Å². The van der Waals surface area contributed by atoms with Gasteiger partial charge < -0.3 is 9.47 Å². The summed E-state index contributed by atoms with van der Waals surface area (Å²) in [6, 6.07) is 4.77. The van der Waals surface area contributed by atoms with Gasteiger partial charge in [-0.15, -0.1) is 0 Å². The van der Waals surface area contributed by atoms with E-state index in [1.807, 2.05) is 6.92 Å². The summed E-state index contributed by atoms with van der Waals surface area (Å²) in [5.74, 6) is -0.450. The number of carbonyl (C=O) groups is 1. The van der Waals surface area contributed by atoms with Crippen molar-refractivity contribution in [3.05, 3.63) is 29.6 Å². The molecule has 0 unspecified atom stereocenters. The van der Waals surface area contributed by atoms with Crippen LogP contribution in [0.3, 0.4) is 0 Å². The number of rotatable bonds is 7. The molecule has 1 aromatic carbocycles. The number of methoxy groups -OCH3 is 1. The second kappa shape index (κ2) is 7.01. The van der Waals surface area contributed by atoms with Crippen molar-refractivity contribution < 1.29 is 18.7 Å². The molecule has 0 spiro atoms. The first-order chi connectivity index (χ1) is 8.19. The molecule has 0 saturated heterocycles. The predicted molar refractivity (Wildman–Crippen MR) is 62.8 cm³/mol. The molecule has 0 heterocycles. The van der Waals surface area contributed by atoms with Crippen LogP contribution in [0.2, 0.25) is 0 Å². The maximum absolute atomic E-state index is 13.7. The molecule has 0 aliphatic carbocycles. The molecule has 0 bridgehead atoms.